The van der Waals surface area contributed by atoms with Gasteiger partial charge in [0.05, 0.1) is 4.91 Å². The van der Waals surface area contributed by atoms with E-state index in [-0.39, 0.29) is 17.5 Å². The highest BCUT2D eigenvalue weighted by Crippen LogP contribution is 2.24. The van der Waals surface area contributed by atoms with Crippen molar-refractivity contribution in [1.29, 1.82) is 0 Å². The second kappa shape index (κ2) is 9.22. The first kappa shape index (κ1) is 21.9. The molecular formula is C18H21F3N5O3+. The SMILES string of the molecule is CC(C)C(=O)Nc1cc(C(C)N[N+](=O)Nc2ccc(OC(F)(F)F)cc2)ccn1. The first-order valence-electron chi connectivity index (χ1n) is 8.66. The van der Waals surface area contributed by atoms with Gasteiger partial charge >= 0.3 is 6.36 Å². The highest BCUT2D eigenvalue weighted by Gasteiger charge is 2.31. The second-order valence-electron chi connectivity index (χ2n) is 6.45. The van der Waals surface area contributed by atoms with E-state index in [1.807, 2.05) is 0 Å². The third kappa shape index (κ3) is 7.28. The molecule has 1 atom stereocenters. The van der Waals surface area contributed by atoms with Crippen LogP contribution in [0.15, 0.2) is 42.6 Å². The molecule has 0 saturated carbocycles. The molecule has 0 aliphatic rings. The molecule has 1 aromatic heterocycles. The summed E-state index contributed by atoms with van der Waals surface area (Å²) in [6, 6.07) is 7.56. The average molecular weight is 412 g/mol. The van der Waals surface area contributed by atoms with Crippen molar-refractivity contribution in [2.24, 2.45) is 5.92 Å². The molecule has 0 radical (unpaired) electrons. The van der Waals surface area contributed by atoms with E-state index in [2.05, 4.69) is 25.9 Å². The molecule has 1 unspecified atom stereocenters. The topological polar surface area (TPSA) is 95.4 Å². The molecule has 1 heterocycles. The number of hydrogen-bond donors (Lipinski definition) is 3. The van der Waals surface area contributed by atoms with Crippen molar-refractivity contribution in [3.05, 3.63) is 53.1 Å². The predicted molar refractivity (Wildman–Crippen MR) is 99.6 cm³/mol. The van der Waals surface area contributed by atoms with Crippen LogP contribution in [0.2, 0.25) is 0 Å². The molecular weight excluding hydrogens is 391 g/mol. The molecule has 1 aromatic carbocycles. The van der Waals surface area contributed by atoms with Crippen LogP contribution >= 0.6 is 0 Å². The van der Waals surface area contributed by atoms with E-state index in [0.29, 0.717) is 16.4 Å². The largest absolute Gasteiger partial charge is 0.573 e. The van der Waals surface area contributed by atoms with Gasteiger partial charge in [0.25, 0.3) is 4.98 Å². The van der Waals surface area contributed by atoms with Crippen LogP contribution in [0, 0.1) is 10.8 Å². The van der Waals surface area contributed by atoms with Crippen LogP contribution in [0.4, 0.5) is 24.7 Å². The number of carbonyl (C=O) groups excluding carboxylic acids is 1. The summed E-state index contributed by atoms with van der Waals surface area (Å²) in [6.45, 7) is 5.23. The minimum atomic E-state index is -4.78. The lowest BCUT2D eigenvalue weighted by Gasteiger charge is -2.11. The van der Waals surface area contributed by atoms with Crippen molar-refractivity contribution in [2.75, 3.05) is 10.7 Å². The van der Waals surface area contributed by atoms with Crippen molar-refractivity contribution in [3.63, 3.8) is 0 Å². The molecule has 8 nitrogen and oxygen atoms in total. The number of nitrogens with one attached hydrogen (secondary N) is 3. The molecule has 0 fully saturated rings. The molecule has 1 amide bonds. The molecule has 2 aromatic rings. The molecule has 0 aliphatic carbocycles. The number of halogens is 3. The van der Waals surface area contributed by atoms with Gasteiger partial charge in [0.15, 0.2) is 0 Å². The molecule has 0 aliphatic heterocycles. The molecule has 2 rings (SSSR count). The fourth-order valence-corrected chi connectivity index (χ4v) is 2.19. The Morgan fingerprint density at radius 2 is 1.79 bits per heavy atom. The van der Waals surface area contributed by atoms with E-state index in [4.69, 9.17) is 0 Å². The van der Waals surface area contributed by atoms with E-state index in [9.17, 15) is 22.9 Å². The van der Waals surface area contributed by atoms with E-state index >= 15 is 0 Å². The number of carbonyl (C=O) groups is 1. The van der Waals surface area contributed by atoms with Crippen LogP contribution in [0.5, 0.6) is 5.75 Å². The lowest BCUT2D eigenvalue weighted by atomic mass is 10.1. The van der Waals surface area contributed by atoms with Crippen LogP contribution in [-0.4, -0.2) is 22.2 Å². The second-order valence-corrected chi connectivity index (χ2v) is 6.45. The fraction of sp³-hybridized carbons (Fsp3) is 0.333. The molecule has 3 N–H and O–H groups in total. The Morgan fingerprint density at radius 3 is 2.38 bits per heavy atom. The van der Waals surface area contributed by atoms with Crippen LogP contribution in [0.25, 0.3) is 0 Å². The summed E-state index contributed by atoms with van der Waals surface area (Å²) in [5, 5.41) is 2.67. The van der Waals surface area contributed by atoms with E-state index in [1.165, 1.54) is 18.3 Å². The molecule has 0 saturated heterocycles. The predicted octanol–water partition coefficient (Wildman–Crippen LogP) is 3.95. The van der Waals surface area contributed by atoms with Gasteiger partial charge < -0.3 is 10.1 Å². The minimum absolute atomic E-state index is 0.180. The number of aromatic nitrogens is 1. The Morgan fingerprint density at radius 1 is 1.14 bits per heavy atom. The van der Waals surface area contributed by atoms with Gasteiger partial charge in [-0.05, 0) is 48.9 Å². The van der Waals surface area contributed by atoms with Gasteiger partial charge in [0.1, 0.15) is 23.3 Å². The van der Waals surface area contributed by atoms with Crippen molar-refractivity contribution in [2.45, 2.75) is 33.2 Å². The van der Waals surface area contributed by atoms with Gasteiger partial charge in [-0.2, -0.15) is 0 Å². The zero-order valence-electron chi connectivity index (χ0n) is 15.9. The number of anilines is 2. The summed E-state index contributed by atoms with van der Waals surface area (Å²) in [4.78, 5) is 28.2. The minimum Gasteiger partial charge on any atom is -0.406 e. The Kier molecular flexibility index (Phi) is 6.97. The summed E-state index contributed by atoms with van der Waals surface area (Å²) in [7, 11) is 0. The number of pyridine rings is 1. The Labute approximate surface area is 165 Å². The molecule has 156 valence electrons. The Balaban J connectivity index is 1.94. The maximum atomic E-state index is 12.2. The summed E-state index contributed by atoms with van der Waals surface area (Å²) in [5.41, 5.74) is 6.00. The summed E-state index contributed by atoms with van der Waals surface area (Å²) < 4.78 is 40.2. The number of alkyl halides is 3. The zero-order valence-corrected chi connectivity index (χ0v) is 15.9. The third-order valence-electron chi connectivity index (χ3n) is 3.69. The Bertz CT molecular complexity index is 857. The molecule has 0 spiro atoms. The molecule has 11 heteroatoms. The quantitative estimate of drug-likeness (QED) is 0.449. The molecule has 29 heavy (non-hydrogen) atoms. The smallest absolute Gasteiger partial charge is 0.406 e. The first-order chi connectivity index (χ1) is 13.5. The van der Waals surface area contributed by atoms with Crippen molar-refractivity contribution >= 4 is 17.4 Å². The van der Waals surface area contributed by atoms with E-state index in [0.717, 1.165) is 12.1 Å². The van der Waals surface area contributed by atoms with E-state index < -0.39 is 18.2 Å². The highest BCUT2D eigenvalue weighted by molar-refractivity contribution is 5.91. The van der Waals surface area contributed by atoms with Gasteiger partial charge in [0.2, 0.25) is 5.91 Å². The maximum absolute atomic E-state index is 12.2. The number of amides is 1. The normalized spacial score (nSPS) is 12.2. The lowest BCUT2D eigenvalue weighted by Crippen LogP contribution is -2.33. The number of ether oxygens (including phenoxy) is 1. The number of nitrogens with zero attached hydrogens (tertiary/aromatic N) is 2. The number of rotatable bonds is 8. The van der Waals surface area contributed by atoms with Gasteiger partial charge in [-0.25, -0.2) is 4.98 Å². The zero-order chi connectivity index (χ0) is 21.6. The maximum Gasteiger partial charge on any atom is 0.573 e. The summed E-state index contributed by atoms with van der Waals surface area (Å²) >= 11 is 0. The van der Waals surface area contributed by atoms with Crippen LogP contribution < -0.4 is 20.9 Å². The number of hydrogen-bond acceptors (Lipinski definition) is 4. The van der Waals surface area contributed by atoms with Crippen molar-refractivity contribution < 1.29 is 27.7 Å². The monoisotopic (exact) mass is 412 g/mol. The first-order valence-corrected chi connectivity index (χ1v) is 8.66. The van der Waals surface area contributed by atoms with Crippen LogP contribution in [0.3, 0.4) is 0 Å². The van der Waals surface area contributed by atoms with Gasteiger partial charge in [0, 0.05) is 12.1 Å². The van der Waals surface area contributed by atoms with Gasteiger partial charge in [-0.3, -0.25) is 4.79 Å². The average Bonchev–Trinajstić information content (AvgIpc) is 2.62. The van der Waals surface area contributed by atoms with Crippen LogP contribution in [-0.2, 0) is 4.79 Å². The van der Waals surface area contributed by atoms with E-state index in [1.54, 1.807) is 32.9 Å². The molecule has 0 bridgehead atoms. The standard InChI is InChI=1S/C18H20F3N5O3/c1-11(2)17(27)23-16-10-13(8-9-22-16)12(3)24-26(28)25-14-4-6-15(7-5-14)29-18(19,20)21/h4-12H,1-3H3,(H2-,22,23,24,25,27,28)/p+1. The van der Waals surface area contributed by atoms with Gasteiger partial charge in [-0.15, -0.1) is 18.6 Å². The van der Waals surface area contributed by atoms with Gasteiger partial charge in [-0.1, -0.05) is 19.3 Å². The Hall–Kier alpha value is -3.37. The summed E-state index contributed by atoms with van der Waals surface area (Å²) in [5.74, 6) is -0.416. The third-order valence-corrected chi connectivity index (χ3v) is 3.69. The fourth-order valence-electron chi connectivity index (χ4n) is 2.19. The lowest BCUT2D eigenvalue weighted by molar-refractivity contribution is -0.586. The summed E-state index contributed by atoms with van der Waals surface area (Å²) in [6.07, 6.45) is -3.28. The van der Waals surface area contributed by atoms with Crippen LogP contribution in [0.1, 0.15) is 32.4 Å². The van der Waals surface area contributed by atoms with Crippen molar-refractivity contribution in [3.8, 4) is 5.75 Å². The number of nitroso groups, excluding NO2 is 1. The number of hydrazine groups is 2. The number of benzene rings is 1. The van der Waals surface area contributed by atoms with Crippen molar-refractivity contribution in [1.82, 2.24) is 10.4 Å². The highest BCUT2D eigenvalue weighted by atomic mass is 19.4.